The maximum absolute atomic E-state index is 5.27. The van der Waals surface area contributed by atoms with Crippen LogP contribution in [0, 0.1) is 6.92 Å². The fourth-order valence-corrected chi connectivity index (χ4v) is 4.27. The maximum Gasteiger partial charge on any atom is 0.118 e. The fourth-order valence-electron chi connectivity index (χ4n) is 4.27. The van der Waals surface area contributed by atoms with E-state index in [1.807, 2.05) is 0 Å². The van der Waals surface area contributed by atoms with Gasteiger partial charge in [0.15, 0.2) is 0 Å². The van der Waals surface area contributed by atoms with E-state index in [2.05, 4.69) is 72.8 Å². The van der Waals surface area contributed by atoms with Crippen molar-refractivity contribution in [2.75, 3.05) is 20.7 Å². The fraction of sp³-hybridized carbons (Fsp3) is 0.391. The molecule has 3 heteroatoms. The molecule has 0 saturated carbocycles. The van der Waals surface area contributed by atoms with Crippen LogP contribution in [0.15, 0.2) is 42.5 Å². The predicted molar refractivity (Wildman–Crippen MR) is 108 cm³/mol. The van der Waals surface area contributed by atoms with Gasteiger partial charge in [-0.25, -0.2) is 0 Å². The van der Waals surface area contributed by atoms with Gasteiger partial charge in [0, 0.05) is 42.1 Å². The lowest BCUT2D eigenvalue weighted by atomic mass is 9.97. The topological polar surface area (TPSA) is 17.4 Å². The summed E-state index contributed by atoms with van der Waals surface area (Å²) >= 11 is 0. The van der Waals surface area contributed by atoms with E-state index in [1.165, 1.54) is 33.3 Å². The molecule has 0 saturated heterocycles. The van der Waals surface area contributed by atoms with E-state index in [4.69, 9.17) is 4.74 Å². The van der Waals surface area contributed by atoms with Gasteiger partial charge in [-0.2, -0.15) is 0 Å². The second-order valence-corrected chi connectivity index (χ2v) is 7.54. The van der Waals surface area contributed by atoms with Gasteiger partial charge in [0.1, 0.15) is 5.75 Å². The highest BCUT2D eigenvalue weighted by Gasteiger charge is 2.27. The monoisotopic (exact) mass is 348 g/mol. The molecule has 0 N–H and O–H groups in total. The average Bonchev–Trinajstić information content (AvgIpc) is 2.96. The van der Waals surface area contributed by atoms with E-state index >= 15 is 0 Å². The number of likely N-dealkylation sites (N-methyl/N-ethyl adjacent to an activating group) is 1. The average molecular weight is 348 g/mol. The molecule has 2 heterocycles. The van der Waals surface area contributed by atoms with Crippen LogP contribution in [-0.2, 0) is 19.4 Å². The first-order valence-corrected chi connectivity index (χ1v) is 9.53. The van der Waals surface area contributed by atoms with Crippen LogP contribution in [0.25, 0.3) is 10.9 Å². The molecule has 0 radical (unpaired) electrons. The predicted octanol–water partition coefficient (Wildman–Crippen LogP) is 4.75. The summed E-state index contributed by atoms with van der Waals surface area (Å²) in [5, 5.41) is 1.44. The van der Waals surface area contributed by atoms with Gasteiger partial charge in [-0.1, -0.05) is 23.8 Å². The van der Waals surface area contributed by atoms with Crippen molar-refractivity contribution in [1.82, 2.24) is 9.47 Å². The zero-order valence-corrected chi connectivity index (χ0v) is 16.2. The number of hydrogen-bond acceptors (Lipinski definition) is 2. The second-order valence-electron chi connectivity index (χ2n) is 7.54. The Bertz CT molecular complexity index is 924. The molecule has 0 amide bonds. The maximum atomic E-state index is 5.27. The molecule has 136 valence electrons. The molecule has 3 nitrogen and oxygen atoms in total. The summed E-state index contributed by atoms with van der Waals surface area (Å²) in [5.74, 6) is 0.921. The van der Waals surface area contributed by atoms with Crippen molar-refractivity contribution in [2.24, 2.45) is 0 Å². The minimum absolute atomic E-state index is 0.477. The Balaban J connectivity index is 1.72. The van der Waals surface area contributed by atoms with Gasteiger partial charge in [-0.15, -0.1) is 0 Å². The molecule has 2 aromatic carbocycles. The highest BCUT2D eigenvalue weighted by Crippen LogP contribution is 2.37. The summed E-state index contributed by atoms with van der Waals surface area (Å²) in [6, 6.07) is 15.9. The zero-order valence-electron chi connectivity index (χ0n) is 16.2. The molecular formula is C23H28N2O. The van der Waals surface area contributed by atoms with Crippen LogP contribution >= 0.6 is 0 Å². The van der Waals surface area contributed by atoms with Crippen molar-refractivity contribution in [3.05, 3.63) is 64.8 Å². The van der Waals surface area contributed by atoms with Crippen molar-refractivity contribution in [2.45, 2.75) is 39.3 Å². The normalized spacial score (nSPS) is 17.5. The minimum atomic E-state index is 0.477. The lowest BCUT2D eigenvalue weighted by molar-refractivity contribution is 0.245. The first-order chi connectivity index (χ1) is 12.6. The van der Waals surface area contributed by atoms with Gasteiger partial charge in [0.2, 0.25) is 0 Å². The molecule has 1 aromatic heterocycles. The van der Waals surface area contributed by atoms with Gasteiger partial charge in [-0.05, 0) is 62.7 Å². The Labute approximate surface area is 156 Å². The Morgan fingerprint density at radius 3 is 2.62 bits per heavy atom. The largest absolute Gasteiger partial charge is 0.497 e. The van der Waals surface area contributed by atoms with E-state index in [9.17, 15) is 0 Å². The van der Waals surface area contributed by atoms with Crippen LogP contribution in [0.4, 0.5) is 0 Å². The molecule has 0 fully saturated rings. The molecule has 4 rings (SSSR count). The summed E-state index contributed by atoms with van der Waals surface area (Å²) in [5.41, 5.74) is 7.15. The Kier molecular flexibility index (Phi) is 4.49. The molecule has 0 spiro atoms. The Morgan fingerprint density at radius 2 is 1.88 bits per heavy atom. The Morgan fingerprint density at radius 1 is 1.12 bits per heavy atom. The first-order valence-electron chi connectivity index (χ1n) is 9.53. The van der Waals surface area contributed by atoms with Crippen molar-refractivity contribution < 1.29 is 4.74 Å². The molecule has 1 unspecified atom stereocenters. The summed E-state index contributed by atoms with van der Waals surface area (Å²) in [4.78, 5) is 2.47. The summed E-state index contributed by atoms with van der Waals surface area (Å²) in [7, 11) is 3.96. The number of fused-ring (bicyclic) bond motifs is 3. The molecule has 3 aromatic rings. The molecule has 26 heavy (non-hydrogen) atoms. The summed E-state index contributed by atoms with van der Waals surface area (Å²) < 4.78 is 7.84. The van der Waals surface area contributed by atoms with Crippen molar-refractivity contribution in [3.8, 4) is 5.75 Å². The third kappa shape index (κ3) is 2.90. The first kappa shape index (κ1) is 17.2. The number of rotatable bonds is 4. The lowest BCUT2D eigenvalue weighted by Gasteiger charge is -2.31. The Hall–Kier alpha value is -2.26. The number of methoxy groups -OCH3 is 1. The second kappa shape index (κ2) is 6.81. The van der Waals surface area contributed by atoms with Crippen molar-refractivity contribution in [1.29, 1.82) is 0 Å². The van der Waals surface area contributed by atoms with E-state index < -0.39 is 0 Å². The van der Waals surface area contributed by atoms with Crippen LogP contribution in [0.3, 0.4) is 0 Å². The molecule has 1 atom stereocenters. The van der Waals surface area contributed by atoms with Gasteiger partial charge in [-0.3, -0.25) is 4.90 Å². The smallest absolute Gasteiger partial charge is 0.118 e. The molecular weight excluding hydrogens is 320 g/mol. The van der Waals surface area contributed by atoms with Gasteiger partial charge < -0.3 is 9.30 Å². The third-order valence-electron chi connectivity index (χ3n) is 5.93. The van der Waals surface area contributed by atoms with Gasteiger partial charge >= 0.3 is 0 Å². The van der Waals surface area contributed by atoms with Crippen LogP contribution in [-0.4, -0.2) is 30.2 Å². The van der Waals surface area contributed by atoms with Crippen LogP contribution < -0.4 is 4.74 Å². The van der Waals surface area contributed by atoms with E-state index in [-0.39, 0.29) is 0 Å². The third-order valence-corrected chi connectivity index (χ3v) is 5.93. The van der Waals surface area contributed by atoms with E-state index in [0.717, 1.165) is 31.7 Å². The van der Waals surface area contributed by atoms with Crippen molar-refractivity contribution >= 4 is 10.9 Å². The standard InChI is InChI=1S/C23H28N2O/c1-16-5-10-21-20(15-16)23-17(2)24(3)13-12-22(23)25(21)14-11-18-6-8-19(26-4)9-7-18/h5-10,15,17H,11-14H2,1-4H3. The van der Waals surface area contributed by atoms with E-state index in [0.29, 0.717) is 6.04 Å². The number of hydrogen-bond donors (Lipinski definition) is 0. The van der Waals surface area contributed by atoms with Crippen LogP contribution in [0.1, 0.15) is 35.3 Å². The SMILES string of the molecule is COc1ccc(CCn2c3c(c4cc(C)ccc42)C(C)N(C)CC3)cc1. The highest BCUT2D eigenvalue weighted by molar-refractivity contribution is 5.87. The molecule has 1 aliphatic heterocycles. The summed E-state index contributed by atoms with van der Waals surface area (Å²) in [6.45, 7) is 6.69. The molecule has 0 bridgehead atoms. The minimum Gasteiger partial charge on any atom is -0.497 e. The van der Waals surface area contributed by atoms with Crippen LogP contribution in [0.5, 0.6) is 5.75 Å². The summed E-state index contributed by atoms with van der Waals surface area (Å²) in [6.07, 6.45) is 2.17. The van der Waals surface area contributed by atoms with Gasteiger partial charge in [0.25, 0.3) is 0 Å². The number of aryl methyl sites for hydroxylation is 3. The number of ether oxygens (including phenoxy) is 1. The number of aromatic nitrogens is 1. The van der Waals surface area contributed by atoms with Crippen LogP contribution in [0.2, 0.25) is 0 Å². The molecule has 1 aliphatic rings. The van der Waals surface area contributed by atoms with Crippen molar-refractivity contribution in [3.63, 3.8) is 0 Å². The lowest BCUT2D eigenvalue weighted by Crippen LogP contribution is -2.31. The zero-order chi connectivity index (χ0) is 18.3. The quantitative estimate of drug-likeness (QED) is 0.677. The van der Waals surface area contributed by atoms with Gasteiger partial charge in [0.05, 0.1) is 7.11 Å². The van der Waals surface area contributed by atoms with E-state index in [1.54, 1.807) is 7.11 Å². The number of benzene rings is 2. The number of nitrogens with zero attached hydrogens (tertiary/aromatic N) is 2. The molecule has 0 aliphatic carbocycles. The highest BCUT2D eigenvalue weighted by atomic mass is 16.5.